The molecular weight excluding hydrogens is 491 g/mol. The highest BCUT2D eigenvalue weighted by Crippen LogP contribution is 2.40. The quantitative estimate of drug-likeness (QED) is 0.594. The maximum Gasteiger partial charge on any atom is 0.427 e. The summed E-state index contributed by atoms with van der Waals surface area (Å²) in [6.07, 6.45) is -5.54. The molecule has 0 fully saturated rings. The average Bonchev–Trinajstić information content (AvgIpc) is 3.09. The molecule has 3 rings (SSSR count). The molecule has 34 heavy (non-hydrogen) atoms. The van der Waals surface area contributed by atoms with Crippen LogP contribution in [-0.4, -0.2) is 48.7 Å². The van der Waals surface area contributed by atoms with Gasteiger partial charge in [-0.1, -0.05) is 0 Å². The van der Waals surface area contributed by atoms with E-state index in [9.17, 15) is 35.2 Å². The van der Waals surface area contributed by atoms with Gasteiger partial charge in [0.15, 0.2) is 0 Å². The van der Waals surface area contributed by atoms with Crippen LogP contribution in [0.5, 0.6) is 5.75 Å². The van der Waals surface area contributed by atoms with E-state index in [-0.39, 0.29) is 34.1 Å². The van der Waals surface area contributed by atoms with Gasteiger partial charge in [0.2, 0.25) is 5.60 Å². The molecule has 1 aromatic carbocycles. The minimum absolute atomic E-state index is 0.0594. The lowest BCUT2D eigenvalue weighted by Gasteiger charge is -2.35. The van der Waals surface area contributed by atoms with Gasteiger partial charge in [0.1, 0.15) is 17.3 Å². The third kappa shape index (κ3) is 4.74. The third-order valence-corrected chi connectivity index (χ3v) is 6.99. The van der Waals surface area contributed by atoms with Crippen molar-refractivity contribution in [2.24, 2.45) is 0 Å². The van der Waals surface area contributed by atoms with E-state index in [0.717, 1.165) is 10.4 Å². The Balaban J connectivity index is 1.96. The van der Waals surface area contributed by atoms with Gasteiger partial charge in [0.25, 0.3) is 10.0 Å². The van der Waals surface area contributed by atoms with Crippen LogP contribution in [0.1, 0.15) is 33.0 Å². The van der Waals surface area contributed by atoms with E-state index in [1.807, 2.05) is 0 Å². The molecule has 0 saturated carbocycles. The number of nitrogens with zero attached hydrogens (tertiary/aromatic N) is 3. The van der Waals surface area contributed by atoms with E-state index in [1.54, 1.807) is 0 Å². The van der Waals surface area contributed by atoms with Gasteiger partial charge < -0.3 is 9.47 Å². The Bertz CT molecular complexity index is 1200. The van der Waals surface area contributed by atoms with Crippen molar-refractivity contribution in [2.45, 2.75) is 57.0 Å². The lowest BCUT2D eigenvalue weighted by Crippen LogP contribution is -2.45. The van der Waals surface area contributed by atoms with Gasteiger partial charge in [-0.2, -0.15) is 27.1 Å². The maximum atomic E-state index is 13.4. The molecule has 0 saturated heterocycles. The summed E-state index contributed by atoms with van der Waals surface area (Å²) in [7, 11) is -4.42. The molecule has 0 spiro atoms. The number of hydrogen-bond donors (Lipinski definition) is 1. The topological polar surface area (TPSA) is 103 Å². The van der Waals surface area contributed by atoms with E-state index >= 15 is 0 Å². The van der Waals surface area contributed by atoms with Crippen molar-refractivity contribution < 1.29 is 44.6 Å². The number of benzene rings is 1. The van der Waals surface area contributed by atoms with Crippen LogP contribution in [0.15, 0.2) is 29.3 Å². The number of nitrogens with one attached hydrogen (secondary N) is 1. The number of aryl methyl sites for hydroxylation is 1. The fourth-order valence-electron chi connectivity index (χ4n) is 3.13. The van der Waals surface area contributed by atoms with Gasteiger partial charge in [-0.3, -0.25) is 9.62 Å². The molecular formula is C19H21F5N4O5S. The van der Waals surface area contributed by atoms with Crippen LogP contribution in [0.25, 0.3) is 0 Å². The monoisotopic (exact) mass is 512 g/mol. The van der Waals surface area contributed by atoms with Gasteiger partial charge in [-0.05, 0) is 45.9 Å². The number of carbonyl (C=O) groups excluding carboxylic acids is 1. The molecule has 0 bridgehead atoms. The van der Waals surface area contributed by atoms with E-state index in [0.29, 0.717) is 20.0 Å². The van der Waals surface area contributed by atoms with Gasteiger partial charge in [-0.15, -0.1) is 0 Å². The van der Waals surface area contributed by atoms with Crippen molar-refractivity contribution in [1.82, 2.24) is 9.78 Å². The van der Waals surface area contributed by atoms with Crippen LogP contribution in [-0.2, 0) is 14.8 Å². The fraction of sp³-hybridized carbons (Fsp3) is 0.474. The number of ether oxygens (including phenoxy) is 2. The Kier molecular flexibility index (Phi) is 6.45. The molecule has 1 amide bonds. The molecule has 9 nitrogen and oxygen atoms in total. The Morgan fingerprint density at radius 3 is 2.50 bits per heavy atom. The number of sulfonamides is 1. The minimum atomic E-state index is -4.82. The number of halogens is 5. The maximum absolute atomic E-state index is 13.4. The van der Waals surface area contributed by atoms with Crippen LogP contribution in [0.3, 0.4) is 0 Å². The zero-order valence-corrected chi connectivity index (χ0v) is 19.2. The highest BCUT2D eigenvalue weighted by atomic mass is 32.2. The molecule has 2 aromatic rings. The Hall–Kier alpha value is -3.10. The molecule has 0 unspecified atom stereocenters. The van der Waals surface area contributed by atoms with E-state index < -0.39 is 45.4 Å². The number of hydrogen-bond acceptors (Lipinski definition) is 6. The first kappa shape index (κ1) is 25.5. The van der Waals surface area contributed by atoms with Crippen molar-refractivity contribution in [3.63, 3.8) is 0 Å². The largest absolute Gasteiger partial charge is 0.489 e. The smallest absolute Gasteiger partial charge is 0.427 e. The van der Waals surface area contributed by atoms with Gasteiger partial charge in [0.05, 0.1) is 23.6 Å². The molecule has 1 atom stereocenters. The average molecular weight is 512 g/mol. The number of amides is 1. The van der Waals surface area contributed by atoms with Crippen molar-refractivity contribution in [3.05, 3.63) is 30.1 Å². The summed E-state index contributed by atoms with van der Waals surface area (Å²) in [4.78, 5) is 11.6. The van der Waals surface area contributed by atoms with Crippen molar-refractivity contribution in [1.29, 1.82) is 0 Å². The second kappa shape index (κ2) is 8.60. The van der Waals surface area contributed by atoms with Crippen molar-refractivity contribution in [3.8, 4) is 5.75 Å². The molecule has 2 heterocycles. The zero-order valence-electron chi connectivity index (χ0n) is 18.4. The Morgan fingerprint density at radius 1 is 1.29 bits per heavy atom. The number of alkyl halides is 5. The molecule has 1 aromatic heterocycles. The van der Waals surface area contributed by atoms with E-state index in [4.69, 9.17) is 4.74 Å². The third-order valence-electron chi connectivity index (χ3n) is 4.96. The number of fused-ring (bicyclic) bond motifs is 1. The summed E-state index contributed by atoms with van der Waals surface area (Å²) in [5.41, 5.74) is -3.08. The number of carbonyl (C=O) groups is 1. The second-order valence-electron chi connectivity index (χ2n) is 8.00. The summed E-state index contributed by atoms with van der Waals surface area (Å²) in [6.45, 7) is 0.987. The summed E-state index contributed by atoms with van der Waals surface area (Å²) < 4.78 is 103. The highest BCUT2D eigenvalue weighted by molar-refractivity contribution is 7.93. The van der Waals surface area contributed by atoms with Crippen LogP contribution >= 0.6 is 0 Å². The molecule has 0 aliphatic carbocycles. The number of rotatable bonds is 5. The lowest BCUT2D eigenvalue weighted by atomic mass is 10.1. The summed E-state index contributed by atoms with van der Waals surface area (Å²) in [5.74, 6) is 0.0927. The highest BCUT2D eigenvalue weighted by Gasteiger charge is 2.51. The SMILES string of the molecule is Cc1nn(C(F)F)cc1S(=O)(=O)N1c2cc(NC(=O)OC(C)(C)C(F)(F)F)ccc2OC[C@H]1C. The van der Waals surface area contributed by atoms with Gasteiger partial charge in [-0.25, -0.2) is 17.9 Å². The van der Waals surface area contributed by atoms with Crippen molar-refractivity contribution >= 4 is 27.5 Å². The normalized spacial score (nSPS) is 16.8. The van der Waals surface area contributed by atoms with Crippen molar-refractivity contribution in [2.75, 3.05) is 16.2 Å². The Labute approximate surface area is 191 Å². The summed E-state index contributed by atoms with van der Waals surface area (Å²) in [5, 5.41) is 5.65. The first-order valence-electron chi connectivity index (χ1n) is 9.76. The van der Waals surface area contributed by atoms with Crippen LogP contribution in [0.2, 0.25) is 0 Å². The van der Waals surface area contributed by atoms with Crippen LogP contribution in [0, 0.1) is 6.92 Å². The first-order valence-corrected chi connectivity index (χ1v) is 11.2. The predicted octanol–water partition coefficient (Wildman–Crippen LogP) is 4.45. The van der Waals surface area contributed by atoms with Crippen LogP contribution in [0.4, 0.5) is 38.1 Å². The first-order chi connectivity index (χ1) is 15.5. The van der Waals surface area contributed by atoms with Gasteiger partial charge in [0, 0.05) is 5.69 Å². The molecule has 0 radical (unpaired) electrons. The number of aromatic nitrogens is 2. The predicted molar refractivity (Wildman–Crippen MR) is 110 cm³/mol. The van der Waals surface area contributed by atoms with E-state index in [1.165, 1.54) is 26.0 Å². The minimum Gasteiger partial charge on any atom is -0.489 e. The zero-order chi connectivity index (χ0) is 25.6. The summed E-state index contributed by atoms with van der Waals surface area (Å²) >= 11 is 0. The van der Waals surface area contributed by atoms with E-state index in [2.05, 4.69) is 15.2 Å². The lowest BCUT2D eigenvalue weighted by molar-refractivity contribution is -0.242. The number of anilines is 2. The second-order valence-corrected chi connectivity index (χ2v) is 9.79. The molecule has 1 aliphatic heterocycles. The standard InChI is InChI=1S/C19H21F5N4O5S/c1-10-9-32-14-6-5-12(25-17(29)33-18(3,4)19(22,23)24)7-13(14)28(10)34(30,31)15-8-27(16(20)21)26-11(15)2/h5-8,10,16H,9H2,1-4H3,(H,25,29)/t10-/m1/s1. The van der Waals surface area contributed by atoms with Crippen LogP contribution < -0.4 is 14.4 Å². The molecule has 188 valence electrons. The fourth-order valence-corrected chi connectivity index (χ4v) is 4.93. The Morgan fingerprint density at radius 2 is 1.94 bits per heavy atom. The summed E-state index contributed by atoms with van der Waals surface area (Å²) in [6, 6.07) is 2.96. The molecule has 1 aliphatic rings. The van der Waals surface area contributed by atoms with Gasteiger partial charge >= 0.3 is 18.8 Å². The molecule has 15 heteroatoms. The molecule has 1 N–H and O–H groups in total.